The van der Waals surface area contributed by atoms with Gasteiger partial charge in [0.05, 0.1) is 0 Å². The molecule has 0 radical (unpaired) electrons. The molecular formula is C22H24N2O4. The van der Waals surface area contributed by atoms with E-state index in [9.17, 15) is 9.59 Å². The topological polar surface area (TPSA) is 77.5 Å². The molecule has 0 aliphatic heterocycles. The average molecular weight is 380 g/mol. The molecule has 0 saturated heterocycles. The summed E-state index contributed by atoms with van der Waals surface area (Å²) < 4.78 is 10.6. The fraction of sp³-hybridized carbons (Fsp3) is 0.318. The highest BCUT2D eigenvalue weighted by Gasteiger charge is 2.25. The summed E-state index contributed by atoms with van der Waals surface area (Å²) >= 11 is 0. The lowest BCUT2D eigenvalue weighted by molar-refractivity contribution is -0.147. The molecule has 1 unspecified atom stereocenters. The molecule has 28 heavy (non-hydrogen) atoms. The van der Waals surface area contributed by atoms with Crippen LogP contribution in [0.25, 0.3) is 0 Å². The molecule has 0 aliphatic carbocycles. The zero-order chi connectivity index (χ0) is 20.4. The quantitative estimate of drug-likeness (QED) is 0.635. The van der Waals surface area contributed by atoms with E-state index >= 15 is 0 Å². The summed E-state index contributed by atoms with van der Waals surface area (Å²) in [6, 6.07) is 11.9. The Morgan fingerprint density at radius 3 is 2.43 bits per heavy atom. The van der Waals surface area contributed by atoms with Crippen molar-refractivity contribution in [1.29, 1.82) is 0 Å². The zero-order valence-electron chi connectivity index (χ0n) is 16.3. The van der Waals surface area contributed by atoms with E-state index in [0.717, 1.165) is 11.1 Å². The van der Waals surface area contributed by atoms with Crippen molar-refractivity contribution in [2.75, 3.05) is 0 Å². The highest BCUT2D eigenvalue weighted by molar-refractivity contribution is 5.81. The number of amides is 1. The number of hydrogen-bond acceptors (Lipinski definition) is 5. The van der Waals surface area contributed by atoms with E-state index < -0.39 is 23.7 Å². The van der Waals surface area contributed by atoms with Gasteiger partial charge in [0.2, 0.25) is 0 Å². The summed E-state index contributed by atoms with van der Waals surface area (Å²) in [6.07, 6.45) is 2.66. The predicted molar refractivity (Wildman–Crippen MR) is 105 cm³/mol. The van der Waals surface area contributed by atoms with E-state index in [4.69, 9.17) is 9.47 Å². The summed E-state index contributed by atoms with van der Waals surface area (Å²) in [5.74, 6) is 5.26. The van der Waals surface area contributed by atoms with Crippen LogP contribution >= 0.6 is 0 Å². The van der Waals surface area contributed by atoms with Crippen molar-refractivity contribution < 1.29 is 19.1 Å². The number of esters is 1. The second-order valence-electron chi connectivity index (χ2n) is 7.03. The van der Waals surface area contributed by atoms with E-state index in [1.54, 1.807) is 45.3 Å². The van der Waals surface area contributed by atoms with Gasteiger partial charge in [0, 0.05) is 24.4 Å². The van der Waals surface area contributed by atoms with Gasteiger partial charge in [-0.05, 0) is 38.5 Å². The van der Waals surface area contributed by atoms with Crippen LogP contribution in [0, 0.1) is 11.8 Å². The van der Waals surface area contributed by atoms with Gasteiger partial charge in [0.25, 0.3) is 0 Å². The average Bonchev–Trinajstić information content (AvgIpc) is 2.65. The van der Waals surface area contributed by atoms with E-state index in [0.29, 0.717) is 0 Å². The molecule has 1 aromatic heterocycles. The molecule has 2 aromatic rings. The Labute approximate surface area is 165 Å². The molecule has 0 bridgehead atoms. The summed E-state index contributed by atoms with van der Waals surface area (Å²) in [5.41, 5.74) is 0.948. The van der Waals surface area contributed by atoms with Crippen molar-refractivity contribution in [3.05, 3.63) is 66.0 Å². The first-order valence-corrected chi connectivity index (χ1v) is 8.92. The highest BCUT2D eigenvalue weighted by atomic mass is 16.6. The fourth-order valence-electron chi connectivity index (χ4n) is 2.16. The van der Waals surface area contributed by atoms with Gasteiger partial charge in [-0.1, -0.05) is 42.2 Å². The number of carbonyl (C=O) groups excluding carboxylic acids is 2. The number of alkyl carbamates (subject to hydrolysis) is 1. The van der Waals surface area contributed by atoms with Gasteiger partial charge in [-0.25, -0.2) is 9.59 Å². The van der Waals surface area contributed by atoms with Gasteiger partial charge in [-0.3, -0.25) is 4.98 Å². The van der Waals surface area contributed by atoms with Gasteiger partial charge >= 0.3 is 12.1 Å². The minimum atomic E-state index is -0.937. The predicted octanol–water partition coefficient (Wildman–Crippen LogP) is 3.46. The number of nitrogens with zero attached hydrogens (tertiary/aromatic N) is 1. The number of rotatable bonds is 5. The normalized spacial score (nSPS) is 11.5. The van der Waals surface area contributed by atoms with Crippen molar-refractivity contribution in [3.8, 4) is 11.8 Å². The van der Waals surface area contributed by atoms with Crippen LogP contribution in [-0.4, -0.2) is 28.7 Å². The lowest BCUT2D eigenvalue weighted by atomic mass is 10.2. The lowest BCUT2D eigenvalue weighted by Gasteiger charge is -2.22. The molecule has 6 nitrogen and oxygen atoms in total. The molecule has 0 saturated carbocycles. The SMILES string of the molecule is CC(C)(C)OC(=O)NC(CC#Cc1ccncc1)C(=O)OCc1ccccc1. The van der Waals surface area contributed by atoms with Gasteiger partial charge < -0.3 is 14.8 Å². The number of nitrogens with one attached hydrogen (secondary N) is 1. The lowest BCUT2D eigenvalue weighted by Crippen LogP contribution is -2.44. The van der Waals surface area contributed by atoms with E-state index in [-0.39, 0.29) is 13.0 Å². The molecule has 1 atom stereocenters. The molecule has 1 aromatic carbocycles. The minimum Gasteiger partial charge on any atom is -0.459 e. The van der Waals surface area contributed by atoms with Crippen LogP contribution in [0.4, 0.5) is 4.79 Å². The molecule has 1 N–H and O–H groups in total. The third kappa shape index (κ3) is 7.92. The Hall–Kier alpha value is -3.33. The molecule has 0 spiro atoms. The smallest absolute Gasteiger partial charge is 0.408 e. The van der Waals surface area contributed by atoms with Crippen LogP contribution in [0.3, 0.4) is 0 Å². The monoisotopic (exact) mass is 380 g/mol. The van der Waals surface area contributed by atoms with Gasteiger partial charge in [0.1, 0.15) is 18.2 Å². The van der Waals surface area contributed by atoms with Crippen molar-refractivity contribution in [2.24, 2.45) is 0 Å². The van der Waals surface area contributed by atoms with E-state index in [1.807, 2.05) is 30.3 Å². The first-order valence-electron chi connectivity index (χ1n) is 8.92. The van der Waals surface area contributed by atoms with Crippen LogP contribution in [-0.2, 0) is 20.9 Å². The Morgan fingerprint density at radius 2 is 1.79 bits per heavy atom. The maximum absolute atomic E-state index is 12.5. The van der Waals surface area contributed by atoms with Crippen LogP contribution in [0.1, 0.15) is 38.3 Å². The van der Waals surface area contributed by atoms with Crippen molar-refractivity contribution in [3.63, 3.8) is 0 Å². The second kappa shape index (κ2) is 10.1. The maximum atomic E-state index is 12.5. The highest BCUT2D eigenvalue weighted by Crippen LogP contribution is 2.08. The van der Waals surface area contributed by atoms with Crippen LogP contribution in [0.2, 0.25) is 0 Å². The van der Waals surface area contributed by atoms with Crippen LogP contribution in [0.15, 0.2) is 54.9 Å². The number of hydrogen-bond donors (Lipinski definition) is 1. The van der Waals surface area contributed by atoms with Gasteiger partial charge in [-0.2, -0.15) is 0 Å². The molecule has 1 amide bonds. The fourth-order valence-corrected chi connectivity index (χ4v) is 2.16. The Bertz CT molecular complexity index is 834. The number of aromatic nitrogens is 1. The number of pyridine rings is 1. The summed E-state index contributed by atoms with van der Waals surface area (Å²) in [6.45, 7) is 5.36. The van der Waals surface area contributed by atoms with Crippen molar-refractivity contribution in [1.82, 2.24) is 10.3 Å². The number of ether oxygens (including phenoxy) is 2. The summed E-state index contributed by atoms with van der Waals surface area (Å²) in [7, 11) is 0. The molecule has 2 rings (SSSR count). The van der Waals surface area contributed by atoms with E-state index in [1.165, 1.54) is 0 Å². The van der Waals surface area contributed by atoms with E-state index in [2.05, 4.69) is 22.1 Å². The number of benzene rings is 1. The standard InChI is InChI=1S/C22H24N2O4/c1-22(2,3)28-21(26)24-19(11-7-10-17-12-14-23-15-13-17)20(25)27-16-18-8-5-4-6-9-18/h4-6,8-9,12-15,19H,11,16H2,1-3H3,(H,24,26). The molecular weight excluding hydrogens is 356 g/mol. The van der Waals surface area contributed by atoms with Crippen molar-refractivity contribution in [2.45, 2.75) is 45.4 Å². The molecule has 6 heteroatoms. The third-order valence-corrected chi connectivity index (χ3v) is 3.42. The second-order valence-corrected chi connectivity index (χ2v) is 7.03. The Kier molecular flexibility index (Phi) is 7.58. The molecule has 0 aliphatic rings. The minimum absolute atomic E-state index is 0.0924. The Balaban J connectivity index is 2.02. The molecule has 1 heterocycles. The largest absolute Gasteiger partial charge is 0.459 e. The first-order chi connectivity index (χ1) is 13.3. The van der Waals surface area contributed by atoms with Gasteiger partial charge in [0.15, 0.2) is 0 Å². The van der Waals surface area contributed by atoms with Crippen molar-refractivity contribution >= 4 is 12.1 Å². The Morgan fingerprint density at radius 1 is 1.11 bits per heavy atom. The third-order valence-electron chi connectivity index (χ3n) is 3.42. The number of carbonyl (C=O) groups is 2. The summed E-state index contributed by atoms with van der Waals surface area (Å²) in [4.78, 5) is 28.5. The summed E-state index contributed by atoms with van der Waals surface area (Å²) in [5, 5.41) is 2.55. The zero-order valence-corrected chi connectivity index (χ0v) is 16.3. The van der Waals surface area contributed by atoms with Gasteiger partial charge in [-0.15, -0.1) is 0 Å². The van der Waals surface area contributed by atoms with Crippen LogP contribution in [0.5, 0.6) is 0 Å². The molecule has 146 valence electrons. The first kappa shape index (κ1) is 21.0. The maximum Gasteiger partial charge on any atom is 0.408 e. The molecule has 0 fully saturated rings. The van der Waals surface area contributed by atoms with Crippen LogP contribution < -0.4 is 5.32 Å².